The Bertz CT molecular complexity index is 1030. The Morgan fingerprint density at radius 1 is 0.829 bits per heavy atom. The van der Waals surface area contributed by atoms with Gasteiger partial charge in [0.25, 0.3) is 8.32 Å². The van der Waals surface area contributed by atoms with Crippen LogP contribution in [0.3, 0.4) is 0 Å². The molecule has 0 spiro atoms. The van der Waals surface area contributed by atoms with Crippen molar-refractivity contribution in [3.63, 3.8) is 0 Å². The molecule has 3 atom stereocenters. The first-order valence-electron chi connectivity index (χ1n) is 15.1. The second-order valence-electron chi connectivity index (χ2n) is 14.7. The molecule has 0 bridgehead atoms. The van der Waals surface area contributed by atoms with Crippen molar-refractivity contribution in [1.29, 1.82) is 0 Å². The lowest BCUT2D eigenvalue weighted by atomic mass is 9.75. The van der Waals surface area contributed by atoms with E-state index >= 15 is 0 Å². The van der Waals surface area contributed by atoms with Crippen molar-refractivity contribution in [3.05, 3.63) is 60.7 Å². The van der Waals surface area contributed by atoms with Gasteiger partial charge in [-0.3, -0.25) is 0 Å². The van der Waals surface area contributed by atoms with Crippen LogP contribution in [0, 0.1) is 5.41 Å². The van der Waals surface area contributed by atoms with Gasteiger partial charge in [0.05, 0.1) is 12.2 Å². The maximum atomic E-state index is 7.27. The van der Waals surface area contributed by atoms with Gasteiger partial charge in [-0.15, -0.1) is 0 Å². The first-order valence-corrected chi connectivity index (χ1v) is 20.0. The first kappa shape index (κ1) is 34.2. The minimum Gasteiger partial charge on any atom is -0.413 e. The summed E-state index contributed by atoms with van der Waals surface area (Å²) < 4.78 is 32.6. The molecule has 2 aromatic carbocycles. The van der Waals surface area contributed by atoms with Crippen molar-refractivity contribution in [2.45, 2.75) is 116 Å². The quantitative estimate of drug-likeness (QED) is 0.203. The number of hydrogen-bond donors (Lipinski definition) is 0. The second kappa shape index (κ2) is 13.1. The van der Waals surface area contributed by atoms with Crippen molar-refractivity contribution in [2.75, 3.05) is 20.8 Å². The molecular formula is C34H56O5Si2. The van der Waals surface area contributed by atoms with Gasteiger partial charge in [-0.05, 0) is 40.0 Å². The Kier molecular flexibility index (Phi) is 10.9. The third-order valence-electron chi connectivity index (χ3n) is 9.57. The number of hydrogen-bond acceptors (Lipinski definition) is 5. The minimum absolute atomic E-state index is 0.0211. The van der Waals surface area contributed by atoms with E-state index in [0.29, 0.717) is 6.61 Å². The fourth-order valence-electron chi connectivity index (χ4n) is 5.99. The average Bonchev–Trinajstić information content (AvgIpc) is 2.89. The molecule has 0 radical (unpaired) electrons. The number of rotatable bonds is 11. The molecule has 2 aromatic rings. The van der Waals surface area contributed by atoms with E-state index < -0.39 is 22.9 Å². The van der Waals surface area contributed by atoms with Gasteiger partial charge < -0.3 is 23.1 Å². The van der Waals surface area contributed by atoms with Crippen molar-refractivity contribution in [2.24, 2.45) is 5.41 Å². The summed E-state index contributed by atoms with van der Waals surface area (Å²) >= 11 is 0. The minimum atomic E-state index is -2.64. The summed E-state index contributed by atoms with van der Waals surface area (Å²) in [6.07, 6.45) is 0.765. The van der Waals surface area contributed by atoms with E-state index in [2.05, 4.69) is 129 Å². The van der Waals surface area contributed by atoms with E-state index in [0.717, 1.165) is 12.8 Å². The van der Waals surface area contributed by atoms with Crippen LogP contribution >= 0.6 is 0 Å². The Balaban J connectivity index is 1.96. The lowest BCUT2D eigenvalue weighted by Crippen LogP contribution is -2.67. The summed E-state index contributed by atoms with van der Waals surface area (Å²) in [6.45, 7) is 23.7. The van der Waals surface area contributed by atoms with Crippen LogP contribution in [0.2, 0.25) is 23.2 Å². The summed E-state index contributed by atoms with van der Waals surface area (Å²) in [7, 11) is -1.31. The maximum absolute atomic E-state index is 7.27. The largest absolute Gasteiger partial charge is 0.413 e. The molecule has 0 N–H and O–H groups in total. The zero-order chi connectivity index (χ0) is 30.7. The molecule has 0 amide bonds. The summed E-state index contributed by atoms with van der Waals surface area (Å²) in [4.78, 5) is 0. The van der Waals surface area contributed by atoms with Crippen molar-refractivity contribution in [1.82, 2.24) is 0 Å². The highest BCUT2D eigenvalue weighted by Crippen LogP contribution is 2.46. The molecule has 5 nitrogen and oxygen atoms in total. The third kappa shape index (κ3) is 7.25. The van der Waals surface area contributed by atoms with Gasteiger partial charge in [-0.2, -0.15) is 0 Å². The van der Waals surface area contributed by atoms with Crippen LogP contribution in [-0.4, -0.2) is 62.1 Å². The maximum Gasteiger partial charge on any atom is 0.261 e. The molecule has 3 rings (SSSR count). The smallest absolute Gasteiger partial charge is 0.261 e. The van der Waals surface area contributed by atoms with Crippen molar-refractivity contribution >= 4 is 27.0 Å². The van der Waals surface area contributed by atoms with Gasteiger partial charge in [0.15, 0.2) is 14.6 Å². The van der Waals surface area contributed by atoms with Crippen LogP contribution in [0.5, 0.6) is 0 Å². The molecule has 1 fully saturated rings. The fourth-order valence-corrected chi connectivity index (χ4v) is 12.0. The van der Waals surface area contributed by atoms with Crippen LogP contribution < -0.4 is 10.4 Å². The molecule has 0 saturated carbocycles. The molecule has 0 aliphatic carbocycles. The lowest BCUT2D eigenvalue weighted by Gasteiger charge is -2.52. The Morgan fingerprint density at radius 3 is 1.73 bits per heavy atom. The predicted octanol–water partition coefficient (Wildman–Crippen LogP) is 7.15. The highest BCUT2D eigenvalue weighted by molar-refractivity contribution is 6.99. The van der Waals surface area contributed by atoms with Crippen LogP contribution in [0.1, 0.15) is 68.2 Å². The topological polar surface area (TPSA) is 46.2 Å². The molecule has 230 valence electrons. The van der Waals surface area contributed by atoms with Gasteiger partial charge in [-0.25, -0.2) is 0 Å². The molecule has 0 unspecified atom stereocenters. The van der Waals surface area contributed by atoms with E-state index in [-0.39, 0.29) is 33.8 Å². The fraction of sp³-hybridized carbons (Fsp3) is 0.647. The molecular weight excluding hydrogens is 545 g/mol. The molecule has 1 saturated heterocycles. The van der Waals surface area contributed by atoms with Crippen LogP contribution in [0.25, 0.3) is 0 Å². The molecule has 1 aliphatic heterocycles. The van der Waals surface area contributed by atoms with Crippen LogP contribution in [0.15, 0.2) is 60.7 Å². The molecule has 41 heavy (non-hydrogen) atoms. The zero-order valence-corrected chi connectivity index (χ0v) is 29.7. The van der Waals surface area contributed by atoms with Crippen molar-refractivity contribution < 1.29 is 23.1 Å². The van der Waals surface area contributed by atoms with Crippen LogP contribution in [0.4, 0.5) is 0 Å². The summed E-state index contributed by atoms with van der Waals surface area (Å²) in [5.41, 5.74) is -0.215. The lowest BCUT2D eigenvalue weighted by molar-refractivity contribution is -0.251. The average molecular weight is 601 g/mol. The zero-order valence-electron chi connectivity index (χ0n) is 27.7. The molecule has 1 heterocycles. The van der Waals surface area contributed by atoms with Gasteiger partial charge >= 0.3 is 0 Å². The second-order valence-corrected chi connectivity index (χ2v) is 23.8. The number of ether oxygens (including phenoxy) is 3. The van der Waals surface area contributed by atoms with Gasteiger partial charge in [-0.1, -0.05) is 116 Å². The van der Waals surface area contributed by atoms with Gasteiger partial charge in [0.1, 0.15) is 6.10 Å². The monoisotopic (exact) mass is 600 g/mol. The van der Waals surface area contributed by atoms with E-state index in [4.69, 9.17) is 23.1 Å². The predicted molar refractivity (Wildman–Crippen MR) is 175 cm³/mol. The summed E-state index contributed by atoms with van der Waals surface area (Å²) in [5, 5.41) is 2.62. The molecule has 7 heteroatoms. The third-order valence-corrected chi connectivity index (χ3v) is 19.1. The first-order chi connectivity index (χ1) is 19.0. The Morgan fingerprint density at radius 2 is 1.32 bits per heavy atom. The van der Waals surface area contributed by atoms with E-state index in [1.54, 1.807) is 14.2 Å². The van der Waals surface area contributed by atoms with E-state index in [1.165, 1.54) is 10.4 Å². The molecule has 0 aromatic heterocycles. The SMILES string of the molecule is COC(OC)[C@@H]1C[C@@H](O[Si](C)(C)C(C)(C)C)C(C)(C)[C@@H](CCO[Si](c2ccccc2)(c2ccccc2)C(C)(C)C)O1. The van der Waals surface area contributed by atoms with E-state index in [1.807, 2.05) is 0 Å². The van der Waals surface area contributed by atoms with Crippen molar-refractivity contribution in [3.8, 4) is 0 Å². The van der Waals surface area contributed by atoms with E-state index in [9.17, 15) is 0 Å². The summed E-state index contributed by atoms with van der Waals surface area (Å²) in [6, 6.07) is 21.7. The van der Waals surface area contributed by atoms with Gasteiger partial charge in [0.2, 0.25) is 0 Å². The van der Waals surface area contributed by atoms with Gasteiger partial charge in [0, 0.05) is 32.7 Å². The Labute approximate surface area is 252 Å². The highest BCUT2D eigenvalue weighted by Gasteiger charge is 2.53. The standard InChI is InChI=1S/C34H56O5Si2/c1-32(2,3)40(11,12)39-30-25-28(31(35-9)36-10)38-29(34(30,7)8)23-24-37-41(33(4,5)6,26-19-15-13-16-20-26)27-21-17-14-18-22-27/h13-22,28-31H,23-25H2,1-12H3/t28-,29+,30+/m0/s1. The highest BCUT2D eigenvalue weighted by atomic mass is 28.4. The number of methoxy groups -OCH3 is 2. The Hall–Kier alpha value is -1.33. The molecule has 1 aliphatic rings. The normalized spacial score (nSPS) is 22.2. The summed E-state index contributed by atoms with van der Waals surface area (Å²) in [5.74, 6) is 0. The number of benzene rings is 2. The van der Waals surface area contributed by atoms with Crippen LogP contribution in [-0.2, 0) is 23.1 Å².